The van der Waals surface area contributed by atoms with E-state index in [-0.39, 0.29) is 42.0 Å². The highest BCUT2D eigenvalue weighted by Gasteiger charge is 2.43. The van der Waals surface area contributed by atoms with Crippen molar-refractivity contribution in [2.24, 2.45) is 10.8 Å². The Morgan fingerprint density at radius 2 is 1.27 bits per heavy atom. The molecule has 0 amide bonds. The van der Waals surface area contributed by atoms with Crippen LogP contribution in [0.15, 0.2) is 22.8 Å². The van der Waals surface area contributed by atoms with Crippen molar-refractivity contribution in [1.82, 2.24) is 0 Å². The van der Waals surface area contributed by atoms with Gasteiger partial charge < -0.3 is 0 Å². The second kappa shape index (κ2) is 6.31. The van der Waals surface area contributed by atoms with E-state index >= 15 is 0 Å². The lowest BCUT2D eigenvalue weighted by Gasteiger charge is -2.34. The molecule has 0 aromatic rings. The maximum absolute atomic E-state index is 11.9. The number of hydrogen-bond donors (Lipinski definition) is 0. The van der Waals surface area contributed by atoms with Gasteiger partial charge in [0.15, 0.2) is 0 Å². The lowest BCUT2D eigenvalue weighted by Crippen LogP contribution is -2.31. The van der Waals surface area contributed by atoms with Gasteiger partial charge in [-0.05, 0) is 45.8 Å². The highest BCUT2D eigenvalue weighted by Crippen LogP contribution is 2.51. The minimum absolute atomic E-state index is 0.0126. The molecule has 0 atom stereocenters. The number of carbonyl (C=O) groups excluding carboxylic acids is 3. The van der Waals surface area contributed by atoms with E-state index in [1.54, 1.807) is 0 Å². The molecule has 122 valence electrons. The van der Waals surface area contributed by atoms with Gasteiger partial charge in [0.25, 0.3) is 0 Å². The number of rotatable bonds is 7. The zero-order chi connectivity index (χ0) is 17.3. The SMILES string of the molecule is CC(=O)CC(CC(C)=O)(CC(C)=O)C1=CC(C)(C)C(C)=C1C. The van der Waals surface area contributed by atoms with E-state index < -0.39 is 5.41 Å². The Morgan fingerprint density at radius 1 is 0.909 bits per heavy atom. The van der Waals surface area contributed by atoms with Gasteiger partial charge in [0, 0.05) is 30.1 Å². The molecule has 0 saturated heterocycles. The van der Waals surface area contributed by atoms with E-state index in [2.05, 4.69) is 26.8 Å². The standard InChI is InChI=1S/C19H28O3/c1-12(20)8-19(9-13(2)21,10-14(3)22)17-11-18(6,7)16(5)15(17)4/h11H,8-10H2,1-7H3. The van der Waals surface area contributed by atoms with Crippen LogP contribution in [-0.2, 0) is 14.4 Å². The van der Waals surface area contributed by atoms with E-state index in [1.165, 1.54) is 26.3 Å². The summed E-state index contributed by atoms with van der Waals surface area (Å²) in [5.41, 5.74) is 2.57. The molecule has 3 heteroatoms. The van der Waals surface area contributed by atoms with Crippen LogP contribution in [0.1, 0.15) is 67.7 Å². The third kappa shape index (κ3) is 3.82. The van der Waals surface area contributed by atoms with Gasteiger partial charge in [-0.2, -0.15) is 0 Å². The van der Waals surface area contributed by atoms with E-state index in [4.69, 9.17) is 0 Å². The lowest BCUT2D eigenvalue weighted by atomic mass is 9.67. The number of Topliss-reactive ketones (excluding diaryl/α,β-unsaturated/α-hetero) is 3. The Kier molecular flexibility index (Phi) is 5.32. The van der Waals surface area contributed by atoms with E-state index in [1.807, 2.05) is 6.92 Å². The molecule has 0 radical (unpaired) electrons. The van der Waals surface area contributed by atoms with Crippen molar-refractivity contribution in [3.8, 4) is 0 Å². The van der Waals surface area contributed by atoms with Crippen molar-refractivity contribution in [2.45, 2.75) is 67.7 Å². The first-order valence-corrected chi connectivity index (χ1v) is 7.81. The molecule has 1 rings (SSSR count). The second-order valence-corrected chi connectivity index (χ2v) is 7.45. The average Bonchev–Trinajstić information content (AvgIpc) is 2.50. The summed E-state index contributed by atoms with van der Waals surface area (Å²) in [7, 11) is 0. The van der Waals surface area contributed by atoms with Crippen LogP contribution >= 0.6 is 0 Å². The number of allylic oxidation sites excluding steroid dienone is 4. The summed E-state index contributed by atoms with van der Waals surface area (Å²) in [6.45, 7) is 13.0. The third-order valence-electron chi connectivity index (χ3n) is 4.77. The molecule has 0 bridgehead atoms. The van der Waals surface area contributed by atoms with Crippen molar-refractivity contribution in [1.29, 1.82) is 0 Å². The molecule has 0 saturated carbocycles. The molecule has 0 aromatic heterocycles. The Hall–Kier alpha value is -1.51. The summed E-state index contributed by atoms with van der Waals surface area (Å²) in [6, 6.07) is 0. The fourth-order valence-corrected chi connectivity index (χ4v) is 3.72. The van der Waals surface area contributed by atoms with Crippen LogP contribution < -0.4 is 0 Å². The quantitative estimate of drug-likeness (QED) is 0.708. The summed E-state index contributed by atoms with van der Waals surface area (Å²) >= 11 is 0. The number of carbonyl (C=O) groups is 3. The summed E-state index contributed by atoms with van der Waals surface area (Å²) in [5, 5.41) is 0. The van der Waals surface area contributed by atoms with Crippen molar-refractivity contribution in [3.63, 3.8) is 0 Å². The molecule has 1 aliphatic rings. The zero-order valence-corrected chi connectivity index (χ0v) is 14.9. The molecule has 0 unspecified atom stereocenters. The van der Waals surface area contributed by atoms with Crippen LogP contribution in [0.4, 0.5) is 0 Å². The first-order valence-electron chi connectivity index (χ1n) is 7.81. The summed E-state index contributed by atoms with van der Waals surface area (Å²) < 4.78 is 0. The molecule has 1 aliphatic carbocycles. The monoisotopic (exact) mass is 304 g/mol. The molecule has 0 N–H and O–H groups in total. The molecule has 22 heavy (non-hydrogen) atoms. The van der Waals surface area contributed by atoms with E-state index in [0.29, 0.717) is 0 Å². The smallest absolute Gasteiger partial charge is 0.130 e. The molecule has 0 fully saturated rings. The van der Waals surface area contributed by atoms with Gasteiger partial charge in [-0.3, -0.25) is 14.4 Å². The fourth-order valence-electron chi connectivity index (χ4n) is 3.72. The van der Waals surface area contributed by atoms with Crippen molar-refractivity contribution in [3.05, 3.63) is 22.8 Å². The van der Waals surface area contributed by atoms with Crippen LogP contribution in [-0.4, -0.2) is 17.3 Å². The van der Waals surface area contributed by atoms with Gasteiger partial charge in [-0.25, -0.2) is 0 Å². The Morgan fingerprint density at radius 3 is 1.50 bits per heavy atom. The van der Waals surface area contributed by atoms with Gasteiger partial charge >= 0.3 is 0 Å². The van der Waals surface area contributed by atoms with Crippen molar-refractivity contribution < 1.29 is 14.4 Å². The number of ketones is 3. The Labute approximate surface area is 133 Å². The fraction of sp³-hybridized carbons (Fsp3) is 0.632. The predicted octanol–water partition coefficient (Wildman–Crippen LogP) is 4.21. The second-order valence-electron chi connectivity index (χ2n) is 7.45. The van der Waals surface area contributed by atoms with E-state index in [9.17, 15) is 14.4 Å². The lowest BCUT2D eigenvalue weighted by molar-refractivity contribution is -0.124. The minimum Gasteiger partial charge on any atom is -0.300 e. The van der Waals surface area contributed by atoms with Gasteiger partial charge in [-0.15, -0.1) is 0 Å². The maximum Gasteiger partial charge on any atom is 0.130 e. The van der Waals surface area contributed by atoms with Gasteiger partial charge in [0.2, 0.25) is 0 Å². The van der Waals surface area contributed by atoms with Crippen LogP contribution in [0.2, 0.25) is 0 Å². The highest BCUT2D eigenvalue weighted by atomic mass is 16.1. The van der Waals surface area contributed by atoms with Crippen LogP contribution in [0.3, 0.4) is 0 Å². The molecule has 3 nitrogen and oxygen atoms in total. The molecular weight excluding hydrogens is 276 g/mol. The first-order chi connectivity index (χ1) is 9.91. The maximum atomic E-state index is 11.9. The molecule has 0 aromatic carbocycles. The van der Waals surface area contributed by atoms with Crippen LogP contribution in [0, 0.1) is 10.8 Å². The summed E-state index contributed by atoms with van der Waals surface area (Å²) in [6.07, 6.45) is 2.85. The van der Waals surface area contributed by atoms with Crippen molar-refractivity contribution >= 4 is 17.3 Å². The first kappa shape index (κ1) is 18.5. The van der Waals surface area contributed by atoms with E-state index in [0.717, 1.165) is 11.1 Å². The zero-order valence-electron chi connectivity index (χ0n) is 14.9. The number of hydrogen-bond acceptors (Lipinski definition) is 3. The normalized spacial score (nSPS) is 17.5. The minimum atomic E-state index is -0.692. The summed E-state index contributed by atoms with van der Waals surface area (Å²) in [5.74, 6) is 0.0377. The van der Waals surface area contributed by atoms with Crippen LogP contribution in [0.5, 0.6) is 0 Å². The Balaban J connectivity index is 3.51. The topological polar surface area (TPSA) is 51.2 Å². The molecule has 0 heterocycles. The molecular formula is C19H28O3. The molecule has 0 spiro atoms. The highest BCUT2D eigenvalue weighted by molar-refractivity contribution is 5.85. The summed E-state index contributed by atoms with van der Waals surface area (Å²) in [4.78, 5) is 35.6. The van der Waals surface area contributed by atoms with Gasteiger partial charge in [0.1, 0.15) is 17.3 Å². The van der Waals surface area contributed by atoms with Gasteiger partial charge in [-0.1, -0.05) is 25.5 Å². The molecule has 0 aliphatic heterocycles. The largest absolute Gasteiger partial charge is 0.300 e. The predicted molar refractivity (Wildman–Crippen MR) is 88.6 cm³/mol. The Bertz CT molecular complexity index is 533. The average molecular weight is 304 g/mol. The van der Waals surface area contributed by atoms with Crippen LogP contribution in [0.25, 0.3) is 0 Å². The van der Waals surface area contributed by atoms with Crippen molar-refractivity contribution in [2.75, 3.05) is 0 Å². The third-order valence-corrected chi connectivity index (χ3v) is 4.77. The van der Waals surface area contributed by atoms with Gasteiger partial charge in [0.05, 0.1) is 0 Å².